The predicted molar refractivity (Wildman–Crippen MR) is 67.4 cm³/mol. The minimum atomic E-state index is -0.695. The maximum absolute atomic E-state index is 11.7. The third-order valence-corrected chi connectivity index (χ3v) is 4.96. The second-order valence-electron chi connectivity index (χ2n) is 3.87. The van der Waals surface area contributed by atoms with E-state index >= 15 is 0 Å². The number of nitrogens with one attached hydrogen (secondary N) is 1. The summed E-state index contributed by atoms with van der Waals surface area (Å²) in [6, 6.07) is 8.45. The molecule has 0 aliphatic carbocycles. The first kappa shape index (κ1) is 11.3. The molecule has 82 valence electrons. The molecule has 0 bridgehead atoms. The van der Waals surface area contributed by atoms with Gasteiger partial charge in [0.05, 0.1) is 0 Å². The predicted octanol–water partition coefficient (Wildman–Crippen LogP) is 2.23. The third-order valence-electron chi connectivity index (χ3n) is 2.70. The monoisotopic (exact) mass is 287 g/mol. The summed E-state index contributed by atoms with van der Waals surface area (Å²) in [6.45, 7) is 2.87. The van der Waals surface area contributed by atoms with E-state index in [1.54, 1.807) is 0 Å². The average Bonchev–Trinajstić information content (AvgIpc) is 2.23. The van der Waals surface area contributed by atoms with Gasteiger partial charge in [-0.15, -0.1) is 0 Å². The zero-order valence-corrected chi connectivity index (χ0v) is 11.0. The molecular formula is C11H14BrNOS. The second-order valence-corrected chi connectivity index (χ2v) is 6.69. The molecule has 1 heterocycles. The molecule has 0 spiro atoms. The topological polar surface area (TPSA) is 29.1 Å². The molecule has 3 unspecified atom stereocenters. The van der Waals surface area contributed by atoms with Crippen molar-refractivity contribution < 1.29 is 4.21 Å². The highest BCUT2D eigenvalue weighted by molar-refractivity contribution is 9.10. The van der Waals surface area contributed by atoms with Gasteiger partial charge in [0, 0.05) is 38.9 Å². The molecule has 0 radical (unpaired) electrons. The fourth-order valence-electron chi connectivity index (χ4n) is 1.70. The van der Waals surface area contributed by atoms with Gasteiger partial charge < -0.3 is 5.32 Å². The average molecular weight is 288 g/mol. The van der Waals surface area contributed by atoms with Crippen LogP contribution in [0.1, 0.15) is 18.5 Å². The molecule has 2 nitrogen and oxygen atoms in total. The molecule has 0 saturated carbocycles. The minimum absolute atomic E-state index is 0.245. The smallest absolute Gasteiger partial charge is 0.0445 e. The summed E-state index contributed by atoms with van der Waals surface area (Å²) in [6.07, 6.45) is 0. The van der Waals surface area contributed by atoms with Gasteiger partial charge in [0.15, 0.2) is 0 Å². The third kappa shape index (κ3) is 2.68. The summed E-state index contributed by atoms with van der Waals surface area (Å²) in [5.74, 6) is 0.725. The Morgan fingerprint density at radius 2 is 2.07 bits per heavy atom. The van der Waals surface area contributed by atoms with Gasteiger partial charge in [-0.25, -0.2) is 0 Å². The van der Waals surface area contributed by atoms with E-state index in [1.165, 1.54) is 5.56 Å². The zero-order valence-electron chi connectivity index (χ0n) is 8.57. The number of rotatable bonds is 1. The van der Waals surface area contributed by atoms with Crippen LogP contribution in [0.2, 0.25) is 0 Å². The van der Waals surface area contributed by atoms with Crippen molar-refractivity contribution in [3.63, 3.8) is 0 Å². The van der Waals surface area contributed by atoms with E-state index in [9.17, 15) is 4.21 Å². The van der Waals surface area contributed by atoms with E-state index in [0.29, 0.717) is 0 Å². The normalized spacial score (nSPS) is 31.5. The van der Waals surface area contributed by atoms with E-state index in [1.807, 2.05) is 19.1 Å². The summed E-state index contributed by atoms with van der Waals surface area (Å²) in [7, 11) is -0.695. The van der Waals surface area contributed by atoms with E-state index < -0.39 is 10.8 Å². The highest BCUT2D eigenvalue weighted by Crippen LogP contribution is 2.21. The van der Waals surface area contributed by atoms with Crippen molar-refractivity contribution >= 4 is 26.7 Å². The van der Waals surface area contributed by atoms with E-state index in [0.717, 1.165) is 16.8 Å². The van der Waals surface area contributed by atoms with Gasteiger partial charge in [0.25, 0.3) is 0 Å². The Kier molecular flexibility index (Phi) is 3.59. The van der Waals surface area contributed by atoms with Gasteiger partial charge in [0.1, 0.15) is 0 Å². The Balaban J connectivity index is 2.12. The van der Waals surface area contributed by atoms with E-state index in [2.05, 4.69) is 33.4 Å². The maximum Gasteiger partial charge on any atom is 0.0445 e. The number of benzene rings is 1. The molecule has 3 atom stereocenters. The molecule has 0 aromatic heterocycles. The Morgan fingerprint density at radius 3 is 2.67 bits per heavy atom. The standard InChI is InChI=1S/C11H14BrNOS/c1-8-6-13-11(7-15(8)14)9-2-4-10(12)5-3-9/h2-5,8,11,13H,6-7H2,1H3. The van der Waals surface area contributed by atoms with Crippen LogP contribution in [0.5, 0.6) is 0 Å². The van der Waals surface area contributed by atoms with E-state index in [-0.39, 0.29) is 11.3 Å². The Labute approximate surface area is 101 Å². The summed E-state index contributed by atoms with van der Waals surface area (Å²) in [4.78, 5) is 0. The quantitative estimate of drug-likeness (QED) is 0.858. The summed E-state index contributed by atoms with van der Waals surface area (Å²) in [5, 5.41) is 3.70. The molecule has 4 heteroatoms. The van der Waals surface area contributed by atoms with Gasteiger partial charge in [-0.1, -0.05) is 28.1 Å². The van der Waals surface area contributed by atoms with Crippen LogP contribution in [0.25, 0.3) is 0 Å². The van der Waals surface area contributed by atoms with Crippen molar-refractivity contribution in [2.24, 2.45) is 0 Å². The Hall–Kier alpha value is -0.190. The fourth-order valence-corrected chi connectivity index (χ4v) is 3.21. The molecule has 2 rings (SSSR count). The molecule has 1 aliphatic heterocycles. The molecule has 1 aromatic carbocycles. The highest BCUT2D eigenvalue weighted by atomic mass is 79.9. The largest absolute Gasteiger partial charge is 0.308 e. The van der Waals surface area contributed by atoms with Crippen molar-refractivity contribution in [1.82, 2.24) is 5.32 Å². The number of hydrogen-bond donors (Lipinski definition) is 1. The molecule has 1 N–H and O–H groups in total. The van der Waals surface area contributed by atoms with Crippen LogP contribution in [-0.4, -0.2) is 21.8 Å². The first-order chi connectivity index (χ1) is 7.16. The summed E-state index contributed by atoms with van der Waals surface area (Å²) < 4.78 is 12.8. The number of halogens is 1. The van der Waals surface area contributed by atoms with Gasteiger partial charge in [-0.2, -0.15) is 0 Å². The lowest BCUT2D eigenvalue weighted by Gasteiger charge is -2.27. The van der Waals surface area contributed by atoms with Crippen molar-refractivity contribution in [2.45, 2.75) is 18.2 Å². The molecule has 1 aromatic rings. The van der Waals surface area contributed by atoms with Gasteiger partial charge in [-0.3, -0.25) is 4.21 Å². The molecule has 0 amide bonds. The Bertz CT molecular complexity index is 365. The van der Waals surface area contributed by atoms with Crippen LogP contribution in [0, 0.1) is 0 Å². The van der Waals surface area contributed by atoms with Crippen LogP contribution < -0.4 is 5.32 Å². The highest BCUT2D eigenvalue weighted by Gasteiger charge is 2.24. The molecule has 1 fully saturated rings. The first-order valence-corrected chi connectivity index (χ1v) is 7.20. The lowest BCUT2D eigenvalue weighted by atomic mass is 10.1. The lowest BCUT2D eigenvalue weighted by Crippen LogP contribution is -2.41. The summed E-state index contributed by atoms with van der Waals surface area (Å²) >= 11 is 3.41. The first-order valence-electron chi connectivity index (χ1n) is 5.03. The molecule has 15 heavy (non-hydrogen) atoms. The maximum atomic E-state index is 11.7. The van der Waals surface area contributed by atoms with Crippen LogP contribution in [-0.2, 0) is 10.8 Å². The zero-order chi connectivity index (χ0) is 10.8. The molecule has 1 aliphatic rings. The molecule has 1 saturated heterocycles. The lowest BCUT2D eigenvalue weighted by molar-refractivity contribution is 0.540. The minimum Gasteiger partial charge on any atom is -0.308 e. The van der Waals surface area contributed by atoms with Gasteiger partial charge in [-0.05, 0) is 24.6 Å². The van der Waals surface area contributed by atoms with Crippen LogP contribution in [0.4, 0.5) is 0 Å². The van der Waals surface area contributed by atoms with E-state index in [4.69, 9.17) is 0 Å². The van der Waals surface area contributed by atoms with Crippen LogP contribution >= 0.6 is 15.9 Å². The Morgan fingerprint density at radius 1 is 1.40 bits per heavy atom. The fraction of sp³-hybridized carbons (Fsp3) is 0.455. The van der Waals surface area contributed by atoms with Gasteiger partial charge in [0.2, 0.25) is 0 Å². The van der Waals surface area contributed by atoms with Crippen LogP contribution in [0.15, 0.2) is 28.7 Å². The number of hydrogen-bond acceptors (Lipinski definition) is 2. The molecular weight excluding hydrogens is 274 g/mol. The van der Waals surface area contributed by atoms with Crippen LogP contribution in [0.3, 0.4) is 0 Å². The SMILES string of the molecule is CC1CNC(c2ccc(Br)cc2)CS1=O. The van der Waals surface area contributed by atoms with Crippen molar-refractivity contribution in [3.8, 4) is 0 Å². The van der Waals surface area contributed by atoms with Crippen molar-refractivity contribution in [3.05, 3.63) is 34.3 Å². The van der Waals surface area contributed by atoms with Crippen molar-refractivity contribution in [1.29, 1.82) is 0 Å². The van der Waals surface area contributed by atoms with Gasteiger partial charge >= 0.3 is 0 Å². The van der Waals surface area contributed by atoms with Crippen molar-refractivity contribution in [2.75, 3.05) is 12.3 Å². The summed E-state index contributed by atoms with van der Waals surface area (Å²) in [5.41, 5.74) is 1.22. The second kappa shape index (κ2) is 4.76.